The van der Waals surface area contributed by atoms with E-state index >= 15 is 0 Å². The molecular formula is C23H19BrClN3O2S. The number of amides is 1. The van der Waals surface area contributed by atoms with Crippen LogP contribution in [-0.4, -0.2) is 15.7 Å². The number of hydrogen-bond donors (Lipinski definition) is 1. The summed E-state index contributed by atoms with van der Waals surface area (Å²) in [6.45, 7) is 4.29. The monoisotopic (exact) mass is 515 g/mol. The van der Waals surface area contributed by atoms with Crippen LogP contribution in [0.1, 0.15) is 26.6 Å². The molecule has 2 heterocycles. The number of carbonyl (C=O) groups is 1. The van der Waals surface area contributed by atoms with E-state index in [1.165, 1.54) is 0 Å². The number of rotatable bonds is 6. The number of carbonyl (C=O) groups excluding carboxylic acids is 1. The molecule has 4 rings (SSSR count). The maximum Gasteiger partial charge on any atom is 0.255 e. The van der Waals surface area contributed by atoms with Gasteiger partial charge >= 0.3 is 0 Å². The fourth-order valence-electron chi connectivity index (χ4n) is 3.05. The summed E-state index contributed by atoms with van der Waals surface area (Å²) in [6, 6.07) is 18.6. The topological polar surface area (TPSA) is 56.2 Å². The molecule has 8 heteroatoms. The van der Waals surface area contributed by atoms with Crippen LogP contribution >= 0.6 is 38.9 Å². The first kappa shape index (κ1) is 21.6. The van der Waals surface area contributed by atoms with Crippen LogP contribution in [0.25, 0.3) is 5.69 Å². The molecule has 0 bridgehead atoms. The zero-order valence-corrected chi connectivity index (χ0v) is 20.0. The second-order valence-electron chi connectivity index (χ2n) is 6.92. The van der Waals surface area contributed by atoms with Crippen molar-refractivity contribution in [1.82, 2.24) is 9.78 Å². The molecule has 0 saturated carbocycles. The first-order chi connectivity index (χ1) is 14.9. The van der Waals surface area contributed by atoms with Crippen LogP contribution < -0.4 is 10.1 Å². The fraction of sp³-hybridized carbons (Fsp3) is 0.130. The molecule has 0 atom stereocenters. The number of benzene rings is 2. The van der Waals surface area contributed by atoms with E-state index in [2.05, 4.69) is 26.3 Å². The third kappa shape index (κ3) is 5.01. The Balaban J connectivity index is 1.38. The van der Waals surface area contributed by atoms with Crippen molar-refractivity contribution < 1.29 is 9.53 Å². The molecule has 2 aromatic carbocycles. The molecule has 0 aliphatic carbocycles. The Morgan fingerprint density at radius 3 is 2.39 bits per heavy atom. The second-order valence-corrected chi connectivity index (χ2v) is 9.84. The third-order valence-corrected chi connectivity index (χ3v) is 6.84. The van der Waals surface area contributed by atoms with Crippen LogP contribution in [0.2, 0.25) is 5.02 Å². The standard InChI is InChI=1S/C23H19BrClN3O2S/c1-14-22(25)15(2)28(27-14)18-7-5-17(6-8-18)26-23(29)16-3-9-19(10-4-16)30-13-20-11-12-21(24)31-20/h3-12H,13H2,1-2H3,(H,26,29). The maximum absolute atomic E-state index is 12.6. The van der Waals surface area contributed by atoms with Crippen LogP contribution in [0.3, 0.4) is 0 Å². The van der Waals surface area contributed by atoms with Crippen LogP contribution in [-0.2, 0) is 6.61 Å². The number of ether oxygens (including phenoxy) is 1. The summed E-state index contributed by atoms with van der Waals surface area (Å²) < 4.78 is 8.64. The summed E-state index contributed by atoms with van der Waals surface area (Å²) >= 11 is 11.3. The van der Waals surface area contributed by atoms with Crippen molar-refractivity contribution in [3.05, 3.63) is 91.3 Å². The quantitative estimate of drug-likeness (QED) is 0.307. The van der Waals surface area contributed by atoms with Crippen LogP contribution in [0, 0.1) is 13.8 Å². The highest BCUT2D eigenvalue weighted by molar-refractivity contribution is 9.11. The van der Waals surface area contributed by atoms with Gasteiger partial charge in [-0.05, 0) is 90.4 Å². The van der Waals surface area contributed by atoms with Crippen molar-refractivity contribution >= 4 is 50.5 Å². The molecule has 1 N–H and O–H groups in total. The normalized spacial score (nSPS) is 10.8. The molecule has 0 aliphatic heterocycles. The SMILES string of the molecule is Cc1nn(-c2ccc(NC(=O)c3ccc(OCc4ccc(Br)s4)cc3)cc2)c(C)c1Cl. The molecule has 31 heavy (non-hydrogen) atoms. The van der Waals surface area contributed by atoms with Gasteiger partial charge in [-0.3, -0.25) is 4.79 Å². The average molecular weight is 517 g/mol. The highest BCUT2D eigenvalue weighted by Gasteiger charge is 2.11. The van der Waals surface area contributed by atoms with Crippen molar-refractivity contribution in [2.24, 2.45) is 0 Å². The van der Waals surface area contributed by atoms with Crippen molar-refractivity contribution in [1.29, 1.82) is 0 Å². The highest BCUT2D eigenvalue weighted by atomic mass is 79.9. The Bertz CT molecular complexity index is 1220. The second kappa shape index (κ2) is 9.26. The summed E-state index contributed by atoms with van der Waals surface area (Å²) in [4.78, 5) is 13.7. The van der Waals surface area contributed by atoms with Crippen molar-refractivity contribution in [2.45, 2.75) is 20.5 Å². The number of hydrogen-bond acceptors (Lipinski definition) is 4. The lowest BCUT2D eigenvalue weighted by Gasteiger charge is -2.09. The number of nitrogens with zero attached hydrogens (tertiary/aromatic N) is 2. The lowest BCUT2D eigenvalue weighted by atomic mass is 10.2. The van der Waals surface area contributed by atoms with Gasteiger partial charge in [0, 0.05) is 16.1 Å². The Kier molecular flexibility index (Phi) is 6.46. The van der Waals surface area contributed by atoms with E-state index in [-0.39, 0.29) is 5.91 Å². The number of anilines is 1. The number of nitrogens with one attached hydrogen (secondary N) is 1. The third-order valence-electron chi connectivity index (χ3n) is 4.70. The van der Waals surface area contributed by atoms with Crippen molar-refractivity contribution in [3.8, 4) is 11.4 Å². The predicted octanol–water partition coefficient (Wildman–Crippen LogP) is 6.80. The zero-order chi connectivity index (χ0) is 22.0. The van der Waals surface area contributed by atoms with E-state index in [9.17, 15) is 4.79 Å². The van der Waals surface area contributed by atoms with Crippen molar-refractivity contribution in [2.75, 3.05) is 5.32 Å². The smallest absolute Gasteiger partial charge is 0.255 e. The van der Waals surface area contributed by atoms with E-state index in [0.717, 1.165) is 25.7 Å². The summed E-state index contributed by atoms with van der Waals surface area (Å²) in [5, 5.41) is 8.02. The van der Waals surface area contributed by atoms with Gasteiger partial charge in [-0.15, -0.1) is 11.3 Å². The zero-order valence-electron chi connectivity index (χ0n) is 16.9. The van der Waals surface area contributed by atoms with Gasteiger partial charge < -0.3 is 10.1 Å². The molecule has 5 nitrogen and oxygen atoms in total. The molecule has 2 aromatic heterocycles. The minimum Gasteiger partial charge on any atom is -0.488 e. The Morgan fingerprint density at radius 1 is 1.10 bits per heavy atom. The first-order valence-electron chi connectivity index (χ1n) is 9.51. The molecule has 0 saturated heterocycles. The number of aryl methyl sites for hydroxylation is 1. The van der Waals surface area contributed by atoms with Crippen LogP contribution in [0.15, 0.2) is 64.5 Å². The van der Waals surface area contributed by atoms with E-state index in [0.29, 0.717) is 28.6 Å². The summed E-state index contributed by atoms with van der Waals surface area (Å²) in [5.74, 6) is 0.532. The Morgan fingerprint density at radius 2 is 1.81 bits per heavy atom. The molecule has 0 fully saturated rings. The summed E-state index contributed by atoms with van der Waals surface area (Å²) in [5.41, 5.74) is 3.80. The lowest BCUT2D eigenvalue weighted by molar-refractivity contribution is 0.102. The number of aromatic nitrogens is 2. The van der Waals surface area contributed by atoms with Gasteiger partial charge in [0.05, 0.1) is 25.9 Å². The minimum atomic E-state index is -0.185. The Hall–Kier alpha value is -2.61. The van der Waals surface area contributed by atoms with Gasteiger partial charge in [0.25, 0.3) is 5.91 Å². The fourth-order valence-corrected chi connectivity index (χ4v) is 4.56. The van der Waals surface area contributed by atoms with Crippen molar-refractivity contribution in [3.63, 3.8) is 0 Å². The van der Waals surface area contributed by atoms with E-state index < -0.39 is 0 Å². The van der Waals surface area contributed by atoms with E-state index in [1.54, 1.807) is 40.3 Å². The predicted molar refractivity (Wildman–Crippen MR) is 129 cm³/mol. The van der Waals surface area contributed by atoms with Gasteiger partial charge in [-0.2, -0.15) is 5.10 Å². The van der Waals surface area contributed by atoms with E-state index in [4.69, 9.17) is 16.3 Å². The van der Waals surface area contributed by atoms with Gasteiger partial charge in [-0.25, -0.2) is 4.68 Å². The van der Waals surface area contributed by atoms with Crippen LogP contribution in [0.5, 0.6) is 5.75 Å². The van der Waals surface area contributed by atoms with E-state index in [1.807, 2.05) is 50.2 Å². The van der Waals surface area contributed by atoms with Crippen LogP contribution in [0.4, 0.5) is 5.69 Å². The molecule has 158 valence electrons. The molecule has 0 spiro atoms. The summed E-state index contributed by atoms with van der Waals surface area (Å²) in [6.07, 6.45) is 0. The highest BCUT2D eigenvalue weighted by Crippen LogP contribution is 2.25. The molecule has 4 aromatic rings. The summed E-state index contributed by atoms with van der Waals surface area (Å²) in [7, 11) is 0. The number of halogens is 2. The molecular weight excluding hydrogens is 498 g/mol. The molecule has 1 amide bonds. The largest absolute Gasteiger partial charge is 0.488 e. The molecule has 0 aliphatic rings. The van der Waals surface area contributed by atoms with Gasteiger partial charge in [0.2, 0.25) is 0 Å². The maximum atomic E-state index is 12.6. The van der Waals surface area contributed by atoms with Gasteiger partial charge in [0.15, 0.2) is 0 Å². The number of thiophene rings is 1. The first-order valence-corrected chi connectivity index (χ1v) is 11.5. The van der Waals surface area contributed by atoms with Gasteiger partial charge in [-0.1, -0.05) is 11.6 Å². The molecule has 0 unspecified atom stereocenters. The Labute approximate surface area is 197 Å². The molecule has 0 radical (unpaired) electrons. The minimum absolute atomic E-state index is 0.185. The van der Waals surface area contributed by atoms with Gasteiger partial charge in [0.1, 0.15) is 12.4 Å². The lowest BCUT2D eigenvalue weighted by Crippen LogP contribution is -2.11. The average Bonchev–Trinajstić information content (AvgIpc) is 3.31.